The lowest BCUT2D eigenvalue weighted by atomic mass is 10.0. The van der Waals surface area contributed by atoms with Crippen LogP contribution in [0.1, 0.15) is 29.6 Å². The molecule has 0 radical (unpaired) electrons. The summed E-state index contributed by atoms with van der Waals surface area (Å²) in [4.78, 5) is 29.1. The Kier molecular flexibility index (Phi) is 7.97. The molecule has 1 atom stereocenters. The summed E-state index contributed by atoms with van der Waals surface area (Å²) >= 11 is 0. The van der Waals surface area contributed by atoms with Gasteiger partial charge in [-0.3, -0.25) is 9.59 Å². The van der Waals surface area contributed by atoms with Crippen LogP contribution in [0.25, 0.3) is 0 Å². The summed E-state index contributed by atoms with van der Waals surface area (Å²) in [7, 11) is -1.62. The lowest BCUT2D eigenvalue weighted by Gasteiger charge is -2.37. The first-order valence-corrected chi connectivity index (χ1v) is 11.4. The number of nitrogens with two attached hydrogens (primary N) is 1. The number of carbonyl (C=O) groups is 2. The van der Waals surface area contributed by atoms with Crippen molar-refractivity contribution in [3.05, 3.63) is 35.9 Å². The van der Waals surface area contributed by atoms with E-state index in [2.05, 4.69) is 0 Å². The van der Waals surface area contributed by atoms with Gasteiger partial charge in [0.1, 0.15) is 6.04 Å². The molecule has 1 saturated heterocycles. The van der Waals surface area contributed by atoms with Gasteiger partial charge in [0.15, 0.2) is 0 Å². The van der Waals surface area contributed by atoms with E-state index in [0.29, 0.717) is 31.6 Å². The number of hydrogen-bond acceptors (Lipinski definition) is 5. The van der Waals surface area contributed by atoms with Crippen molar-refractivity contribution in [2.45, 2.75) is 25.3 Å². The van der Waals surface area contributed by atoms with Gasteiger partial charge in [0.25, 0.3) is 5.91 Å². The van der Waals surface area contributed by atoms with Crippen LogP contribution in [-0.2, 0) is 14.8 Å². The summed E-state index contributed by atoms with van der Waals surface area (Å²) in [5.41, 5.74) is 6.11. The number of unbranched alkanes of at least 4 members (excludes halogenated alkanes) is 1. The molecule has 1 aromatic rings. The highest BCUT2D eigenvalue weighted by atomic mass is 32.2. The molecular formula is C19H30N4O4S. The second kappa shape index (κ2) is 9.99. The molecule has 9 heteroatoms. The summed E-state index contributed by atoms with van der Waals surface area (Å²) in [6, 6.07) is 8.27. The van der Waals surface area contributed by atoms with Gasteiger partial charge >= 0.3 is 0 Å². The predicted octanol–water partition coefficient (Wildman–Crippen LogP) is 0.360. The highest BCUT2D eigenvalue weighted by Crippen LogP contribution is 2.16. The second-order valence-corrected chi connectivity index (χ2v) is 9.05. The Morgan fingerprint density at radius 1 is 1.11 bits per heavy atom. The molecule has 28 heavy (non-hydrogen) atoms. The van der Waals surface area contributed by atoms with Crippen molar-refractivity contribution in [3.8, 4) is 0 Å². The van der Waals surface area contributed by atoms with Crippen LogP contribution in [0.15, 0.2) is 30.3 Å². The van der Waals surface area contributed by atoms with Crippen LogP contribution in [0.2, 0.25) is 0 Å². The molecule has 156 valence electrons. The SMILES string of the molecule is CN(C(=O)c1ccccc1)[C@@H](CCCCN)C(=O)N1CCN(S(C)(=O)=O)CC1. The van der Waals surface area contributed by atoms with Gasteiger partial charge in [0.05, 0.1) is 6.26 Å². The number of carbonyl (C=O) groups excluding carboxylic acids is 2. The lowest BCUT2D eigenvalue weighted by Crippen LogP contribution is -2.56. The maximum absolute atomic E-state index is 13.2. The van der Waals surface area contributed by atoms with E-state index in [1.807, 2.05) is 6.07 Å². The van der Waals surface area contributed by atoms with E-state index < -0.39 is 16.1 Å². The van der Waals surface area contributed by atoms with Gasteiger partial charge in [-0.05, 0) is 37.9 Å². The zero-order chi connectivity index (χ0) is 20.7. The highest BCUT2D eigenvalue weighted by molar-refractivity contribution is 7.88. The largest absolute Gasteiger partial charge is 0.338 e. The molecule has 1 aliphatic rings. The third-order valence-corrected chi connectivity index (χ3v) is 6.35. The normalized spacial score (nSPS) is 16.6. The Labute approximate surface area is 167 Å². The summed E-state index contributed by atoms with van der Waals surface area (Å²) in [5, 5.41) is 0. The van der Waals surface area contributed by atoms with Crippen LogP contribution in [0.5, 0.6) is 0 Å². The van der Waals surface area contributed by atoms with Gasteiger partial charge in [0.2, 0.25) is 15.9 Å². The Morgan fingerprint density at radius 3 is 2.25 bits per heavy atom. The van der Waals surface area contributed by atoms with Crippen molar-refractivity contribution in [3.63, 3.8) is 0 Å². The first kappa shape index (κ1) is 22.3. The fourth-order valence-corrected chi connectivity index (χ4v) is 4.17. The van der Waals surface area contributed by atoms with Crippen LogP contribution >= 0.6 is 0 Å². The molecule has 1 heterocycles. The topological polar surface area (TPSA) is 104 Å². The first-order chi connectivity index (χ1) is 13.3. The Bertz CT molecular complexity index is 761. The summed E-state index contributed by atoms with van der Waals surface area (Å²) < 4.78 is 24.7. The Balaban J connectivity index is 2.11. The smallest absolute Gasteiger partial charge is 0.254 e. The molecule has 0 spiro atoms. The molecule has 2 amide bonds. The van der Waals surface area contributed by atoms with Crippen molar-refractivity contribution >= 4 is 21.8 Å². The van der Waals surface area contributed by atoms with E-state index in [1.54, 1.807) is 36.2 Å². The fraction of sp³-hybridized carbons (Fsp3) is 0.579. The minimum absolute atomic E-state index is 0.142. The van der Waals surface area contributed by atoms with E-state index in [0.717, 1.165) is 12.8 Å². The molecule has 8 nitrogen and oxygen atoms in total. The number of sulfonamides is 1. The Hall–Kier alpha value is -1.97. The lowest BCUT2D eigenvalue weighted by molar-refractivity contribution is -0.137. The molecule has 1 aromatic carbocycles. The third-order valence-electron chi connectivity index (χ3n) is 5.04. The van der Waals surface area contributed by atoms with Crippen molar-refractivity contribution < 1.29 is 18.0 Å². The van der Waals surface area contributed by atoms with E-state index in [9.17, 15) is 18.0 Å². The quantitative estimate of drug-likeness (QED) is 0.623. The third kappa shape index (κ3) is 5.76. The van der Waals surface area contributed by atoms with E-state index in [4.69, 9.17) is 5.73 Å². The van der Waals surface area contributed by atoms with Crippen LogP contribution in [0.4, 0.5) is 0 Å². The predicted molar refractivity (Wildman–Crippen MR) is 108 cm³/mol. The summed E-state index contributed by atoms with van der Waals surface area (Å²) in [5.74, 6) is -0.349. The van der Waals surface area contributed by atoms with Gasteiger partial charge in [0, 0.05) is 38.8 Å². The minimum Gasteiger partial charge on any atom is -0.338 e. The second-order valence-electron chi connectivity index (χ2n) is 7.07. The summed E-state index contributed by atoms with van der Waals surface area (Å²) in [6.45, 7) is 1.73. The van der Waals surface area contributed by atoms with Crippen LogP contribution in [0.3, 0.4) is 0 Å². The number of likely N-dealkylation sites (N-methyl/N-ethyl adjacent to an activating group) is 1. The number of benzene rings is 1. The molecule has 2 rings (SSSR count). The average molecular weight is 411 g/mol. The fourth-order valence-electron chi connectivity index (χ4n) is 3.34. The maximum atomic E-state index is 13.2. The van der Waals surface area contributed by atoms with Crippen molar-refractivity contribution in [2.75, 3.05) is 46.0 Å². The van der Waals surface area contributed by atoms with E-state index >= 15 is 0 Å². The van der Waals surface area contributed by atoms with Crippen LogP contribution < -0.4 is 5.73 Å². The van der Waals surface area contributed by atoms with Crippen molar-refractivity contribution in [1.29, 1.82) is 0 Å². The number of rotatable bonds is 8. The van der Waals surface area contributed by atoms with Gasteiger partial charge in [-0.2, -0.15) is 4.31 Å². The number of nitrogens with zero attached hydrogens (tertiary/aromatic N) is 3. The number of amides is 2. The number of piperazine rings is 1. The monoisotopic (exact) mass is 410 g/mol. The van der Waals surface area contributed by atoms with Gasteiger partial charge in [-0.15, -0.1) is 0 Å². The molecule has 1 aliphatic heterocycles. The molecular weight excluding hydrogens is 380 g/mol. The van der Waals surface area contributed by atoms with E-state index in [1.165, 1.54) is 15.5 Å². The van der Waals surface area contributed by atoms with Crippen LogP contribution in [0, 0.1) is 0 Å². The zero-order valence-corrected chi connectivity index (χ0v) is 17.4. The Morgan fingerprint density at radius 2 is 1.71 bits per heavy atom. The molecule has 1 fully saturated rings. The standard InChI is InChI=1S/C19H30N4O4S/c1-21(18(24)16-8-4-3-5-9-16)17(10-6-7-11-20)19(25)22-12-14-23(15-13-22)28(2,26)27/h3-5,8-9,17H,6-7,10-15,20H2,1-2H3/t17-/m0/s1. The van der Waals surface area contributed by atoms with Gasteiger partial charge < -0.3 is 15.5 Å². The summed E-state index contributed by atoms with van der Waals surface area (Å²) in [6.07, 6.45) is 3.21. The van der Waals surface area contributed by atoms with Crippen molar-refractivity contribution in [1.82, 2.24) is 14.1 Å². The zero-order valence-electron chi connectivity index (χ0n) is 16.6. The minimum atomic E-state index is -3.26. The number of hydrogen-bond donors (Lipinski definition) is 1. The molecule has 0 saturated carbocycles. The van der Waals surface area contributed by atoms with Crippen LogP contribution in [-0.4, -0.2) is 86.4 Å². The molecule has 0 unspecified atom stereocenters. The van der Waals surface area contributed by atoms with Crippen molar-refractivity contribution in [2.24, 2.45) is 5.73 Å². The first-order valence-electron chi connectivity index (χ1n) is 9.52. The molecule has 0 bridgehead atoms. The average Bonchev–Trinajstić information content (AvgIpc) is 2.70. The van der Waals surface area contributed by atoms with Gasteiger partial charge in [-0.25, -0.2) is 8.42 Å². The van der Waals surface area contributed by atoms with E-state index in [-0.39, 0.29) is 24.9 Å². The molecule has 0 aromatic heterocycles. The molecule has 2 N–H and O–H groups in total. The maximum Gasteiger partial charge on any atom is 0.254 e. The highest BCUT2D eigenvalue weighted by Gasteiger charge is 2.33. The van der Waals surface area contributed by atoms with Gasteiger partial charge in [-0.1, -0.05) is 18.2 Å². The molecule has 0 aliphatic carbocycles.